The van der Waals surface area contributed by atoms with E-state index in [9.17, 15) is 24.9 Å². The fourth-order valence-corrected chi connectivity index (χ4v) is 8.16. The van der Waals surface area contributed by atoms with Gasteiger partial charge in [0.15, 0.2) is 11.6 Å². The first-order valence-corrected chi connectivity index (χ1v) is 10.2. The summed E-state index contributed by atoms with van der Waals surface area (Å²) < 4.78 is 0. The Kier molecular flexibility index (Phi) is 3.29. The molecule has 4 saturated carbocycles. The van der Waals surface area contributed by atoms with Crippen molar-refractivity contribution in [2.75, 3.05) is 6.61 Å². The summed E-state index contributed by atoms with van der Waals surface area (Å²) in [7, 11) is 0. The summed E-state index contributed by atoms with van der Waals surface area (Å²) in [5.74, 6) is -0.849. The Morgan fingerprint density at radius 3 is 2.74 bits per heavy atom. The minimum Gasteiger partial charge on any atom is -0.392 e. The number of carbonyl (C=O) groups is 2. The smallest absolute Gasteiger partial charge is 0.190 e. The summed E-state index contributed by atoms with van der Waals surface area (Å²) in [5, 5.41) is 32.1. The quantitative estimate of drug-likeness (QED) is 0.684. The average molecular weight is 372 g/mol. The van der Waals surface area contributed by atoms with Crippen molar-refractivity contribution in [1.82, 2.24) is 0 Å². The molecule has 5 aliphatic carbocycles. The monoisotopic (exact) mass is 372 g/mol. The van der Waals surface area contributed by atoms with E-state index >= 15 is 0 Å². The van der Waals surface area contributed by atoms with Gasteiger partial charge in [0, 0.05) is 16.7 Å². The van der Waals surface area contributed by atoms with Crippen LogP contribution in [-0.4, -0.2) is 45.2 Å². The molecule has 4 fully saturated rings. The van der Waals surface area contributed by atoms with E-state index in [0.717, 1.165) is 31.3 Å². The van der Waals surface area contributed by atoms with Gasteiger partial charge >= 0.3 is 0 Å². The fourth-order valence-electron chi connectivity index (χ4n) is 8.16. The first-order chi connectivity index (χ1) is 12.7. The van der Waals surface area contributed by atoms with Gasteiger partial charge in [0.25, 0.3) is 0 Å². The number of ketones is 2. The number of allylic oxidation sites excluding steroid dienone is 4. The molecule has 0 aromatic rings. The molecule has 0 bridgehead atoms. The molecule has 0 aromatic carbocycles. The highest BCUT2D eigenvalue weighted by Crippen LogP contribution is 2.87. The SMILES string of the molecule is C[C@@H]1C[C@@H]2[C@H](C[C@H](O)[C@@]34C[C@]23CCC2=CC(=O)C=C[C@@]24C)[C@@]1(O)C(=O)CO. The number of Topliss-reactive ketones (excluding diaryl/α,β-unsaturated/α-hetero) is 1. The van der Waals surface area contributed by atoms with E-state index in [1.807, 2.05) is 13.0 Å². The lowest BCUT2D eigenvalue weighted by atomic mass is 9.49. The summed E-state index contributed by atoms with van der Waals surface area (Å²) >= 11 is 0. The second kappa shape index (κ2) is 5.00. The Labute approximate surface area is 159 Å². The zero-order chi connectivity index (χ0) is 19.4. The van der Waals surface area contributed by atoms with Crippen molar-refractivity contribution in [3.8, 4) is 0 Å². The van der Waals surface area contributed by atoms with E-state index in [-0.39, 0.29) is 39.8 Å². The molecular weight excluding hydrogens is 344 g/mol. The number of rotatable bonds is 2. The van der Waals surface area contributed by atoms with Crippen LogP contribution in [0.2, 0.25) is 0 Å². The fraction of sp³-hybridized carbons (Fsp3) is 0.727. The number of hydrogen-bond acceptors (Lipinski definition) is 5. The van der Waals surface area contributed by atoms with Crippen LogP contribution < -0.4 is 0 Å². The molecule has 3 N–H and O–H groups in total. The third kappa shape index (κ3) is 1.69. The van der Waals surface area contributed by atoms with Crippen LogP contribution in [0.25, 0.3) is 0 Å². The Hall–Kier alpha value is -1.30. The summed E-state index contributed by atoms with van der Waals surface area (Å²) in [4.78, 5) is 24.4. The minimum atomic E-state index is -1.54. The average Bonchev–Trinajstić information content (AvgIpc) is 3.31. The maximum absolute atomic E-state index is 12.5. The van der Waals surface area contributed by atoms with Crippen molar-refractivity contribution in [3.05, 3.63) is 23.8 Å². The lowest BCUT2D eigenvalue weighted by Crippen LogP contribution is -2.57. The zero-order valence-corrected chi connectivity index (χ0v) is 15.9. The summed E-state index contributed by atoms with van der Waals surface area (Å²) in [6, 6.07) is 0. The molecular formula is C22H28O5. The van der Waals surface area contributed by atoms with Crippen LogP contribution in [-0.2, 0) is 9.59 Å². The van der Waals surface area contributed by atoms with Crippen LogP contribution in [0, 0.1) is 34.0 Å². The molecule has 8 atom stereocenters. The maximum atomic E-state index is 12.5. The van der Waals surface area contributed by atoms with Gasteiger partial charge in [0.2, 0.25) is 0 Å². The second-order valence-corrected chi connectivity index (χ2v) is 9.92. The van der Waals surface area contributed by atoms with Gasteiger partial charge in [-0.1, -0.05) is 25.5 Å². The molecule has 5 aliphatic rings. The second-order valence-electron chi connectivity index (χ2n) is 9.92. The van der Waals surface area contributed by atoms with Crippen molar-refractivity contribution in [2.45, 2.75) is 57.7 Å². The van der Waals surface area contributed by atoms with Crippen LogP contribution in [0.4, 0.5) is 0 Å². The van der Waals surface area contributed by atoms with Gasteiger partial charge in [0.05, 0.1) is 6.10 Å². The normalized spacial score (nSPS) is 55.1. The third-order valence-corrected chi connectivity index (χ3v) is 9.45. The van der Waals surface area contributed by atoms with Gasteiger partial charge in [-0.3, -0.25) is 9.59 Å². The zero-order valence-electron chi connectivity index (χ0n) is 15.9. The largest absolute Gasteiger partial charge is 0.392 e. The van der Waals surface area contributed by atoms with Crippen molar-refractivity contribution in [2.24, 2.45) is 34.0 Å². The predicted molar refractivity (Wildman–Crippen MR) is 97.5 cm³/mol. The molecule has 0 aliphatic heterocycles. The molecule has 0 amide bonds. The van der Waals surface area contributed by atoms with Crippen LogP contribution in [0.5, 0.6) is 0 Å². The Morgan fingerprint density at radius 1 is 1.30 bits per heavy atom. The highest BCUT2D eigenvalue weighted by Gasteiger charge is 2.85. The highest BCUT2D eigenvalue weighted by molar-refractivity contribution is 6.01. The number of fused-ring (bicyclic) bond motifs is 2. The summed E-state index contributed by atoms with van der Waals surface area (Å²) in [6.45, 7) is 3.39. The van der Waals surface area contributed by atoms with E-state index in [1.54, 1.807) is 12.2 Å². The lowest BCUT2D eigenvalue weighted by Gasteiger charge is -2.55. The van der Waals surface area contributed by atoms with Crippen molar-refractivity contribution in [3.63, 3.8) is 0 Å². The topological polar surface area (TPSA) is 94.8 Å². The van der Waals surface area contributed by atoms with Gasteiger partial charge in [-0.05, 0) is 61.5 Å². The number of hydrogen-bond donors (Lipinski definition) is 3. The summed E-state index contributed by atoms with van der Waals surface area (Å²) in [6.07, 6.45) is 8.47. The molecule has 27 heavy (non-hydrogen) atoms. The molecule has 0 heterocycles. The van der Waals surface area contributed by atoms with Gasteiger partial charge < -0.3 is 15.3 Å². The molecule has 0 spiro atoms. The number of carbonyl (C=O) groups excluding carboxylic acids is 2. The van der Waals surface area contributed by atoms with Crippen LogP contribution in [0.3, 0.4) is 0 Å². The van der Waals surface area contributed by atoms with E-state index in [0.29, 0.717) is 6.42 Å². The van der Waals surface area contributed by atoms with E-state index in [2.05, 4.69) is 6.92 Å². The van der Waals surface area contributed by atoms with Crippen LogP contribution in [0.1, 0.15) is 46.0 Å². The Bertz CT molecular complexity index is 814. The lowest BCUT2D eigenvalue weighted by molar-refractivity contribution is -0.159. The molecule has 146 valence electrons. The van der Waals surface area contributed by atoms with E-state index in [4.69, 9.17) is 0 Å². The first kappa shape index (κ1) is 17.8. The van der Waals surface area contributed by atoms with Crippen molar-refractivity contribution >= 4 is 11.6 Å². The standard InChI is InChI=1S/C22H28O5/c1-12-7-15-16(22(12,27)18(26)10-23)9-17(25)21-11-20(15,21)6-3-13-8-14(24)4-5-19(13,21)2/h4-5,8,12,15-17,23,25,27H,3,6-7,9-11H2,1-2H3/t12-,15-,16+,17+,19+,20-,21-,22-/m1/s1. The maximum Gasteiger partial charge on any atom is 0.190 e. The van der Waals surface area contributed by atoms with E-state index < -0.39 is 24.1 Å². The van der Waals surface area contributed by atoms with Crippen molar-refractivity contribution in [1.29, 1.82) is 0 Å². The molecule has 0 aromatic heterocycles. The molecule has 5 heteroatoms. The third-order valence-electron chi connectivity index (χ3n) is 9.45. The molecule has 5 rings (SSSR count). The molecule has 0 unspecified atom stereocenters. The van der Waals surface area contributed by atoms with Crippen LogP contribution in [0.15, 0.2) is 23.8 Å². The molecule has 0 radical (unpaired) electrons. The number of aliphatic hydroxyl groups excluding tert-OH is 2. The van der Waals surface area contributed by atoms with Gasteiger partial charge in [-0.25, -0.2) is 0 Å². The van der Waals surface area contributed by atoms with Crippen molar-refractivity contribution < 1.29 is 24.9 Å². The first-order valence-electron chi connectivity index (χ1n) is 10.2. The summed E-state index contributed by atoms with van der Waals surface area (Å²) in [5.41, 5.74) is -1.17. The van der Waals surface area contributed by atoms with Crippen LogP contribution >= 0.6 is 0 Å². The molecule has 5 nitrogen and oxygen atoms in total. The number of aliphatic hydroxyl groups is 3. The Balaban J connectivity index is 1.61. The van der Waals surface area contributed by atoms with Gasteiger partial charge in [-0.15, -0.1) is 0 Å². The van der Waals surface area contributed by atoms with Gasteiger partial charge in [0.1, 0.15) is 12.2 Å². The molecule has 0 saturated heterocycles. The predicted octanol–water partition coefficient (Wildman–Crippen LogP) is 1.56. The van der Waals surface area contributed by atoms with E-state index in [1.165, 1.54) is 0 Å². The highest BCUT2D eigenvalue weighted by atomic mass is 16.3. The van der Waals surface area contributed by atoms with Gasteiger partial charge in [-0.2, -0.15) is 0 Å². The Morgan fingerprint density at radius 2 is 2.04 bits per heavy atom. The minimum absolute atomic E-state index is 0.0209.